The van der Waals surface area contributed by atoms with E-state index in [4.69, 9.17) is 14.2 Å². The quantitative estimate of drug-likeness (QED) is 0.274. The van der Waals surface area contributed by atoms with Crippen molar-refractivity contribution >= 4 is 0 Å². The first kappa shape index (κ1) is 21.9. The molecule has 0 aliphatic carbocycles. The van der Waals surface area contributed by atoms with Crippen LogP contribution in [0.5, 0.6) is 11.5 Å². The summed E-state index contributed by atoms with van der Waals surface area (Å²) < 4.78 is 17.6. The van der Waals surface area contributed by atoms with Gasteiger partial charge in [-0.25, -0.2) is 0 Å². The maximum absolute atomic E-state index is 6.78. The fraction of sp³-hybridized carbons (Fsp3) is 0.296. The van der Waals surface area contributed by atoms with Gasteiger partial charge in [-0.15, -0.1) is 0 Å². The molecule has 0 fully saturated rings. The van der Waals surface area contributed by atoms with E-state index in [0.717, 1.165) is 53.9 Å². The SMILES string of the molecule is [CH2]CCCCCOC(c1ccccc1)(c1ccc(OC)cc1)c1ccc(OC)cc1. The molecule has 3 nitrogen and oxygen atoms in total. The molecule has 0 aliphatic rings. The highest BCUT2D eigenvalue weighted by Crippen LogP contribution is 2.41. The van der Waals surface area contributed by atoms with Gasteiger partial charge in [0.05, 0.1) is 14.2 Å². The van der Waals surface area contributed by atoms with Crippen LogP contribution in [0.15, 0.2) is 78.9 Å². The van der Waals surface area contributed by atoms with Gasteiger partial charge in [0.25, 0.3) is 0 Å². The van der Waals surface area contributed by atoms with E-state index < -0.39 is 5.60 Å². The average molecular weight is 404 g/mol. The first-order valence-corrected chi connectivity index (χ1v) is 10.5. The van der Waals surface area contributed by atoms with E-state index in [1.165, 1.54) is 0 Å². The van der Waals surface area contributed by atoms with Crippen LogP contribution in [0.3, 0.4) is 0 Å². The molecule has 0 heterocycles. The summed E-state index contributed by atoms with van der Waals surface area (Å²) in [7, 11) is 3.37. The minimum Gasteiger partial charge on any atom is -0.497 e. The third-order valence-corrected chi connectivity index (χ3v) is 5.39. The van der Waals surface area contributed by atoms with Crippen LogP contribution in [0.1, 0.15) is 42.4 Å². The standard InChI is InChI=1S/C27H31O3/c1-4-5-6-10-21-30-27(22-11-8-7-9-12-22,23-13-17-25(28-2)18-14-23)24-15-19-26(29-3)20-16-24/h7-9,11-20H,1,4-6,10,21H2,2-3H3. The third kappa shape index (κ3) is 4.85. The lowest BCUT2D eigenvalue weighted by molar-refractivity contribution is 0.0106. The lowest BCUT2D eigenvalue weighted by atomic mass is 9.80. The zero-order chi connectivity index (χ0) is 21.2. The van der Waals surface area contributed by atoms with Crippen LogP contribution in [0.4, 0.5) is 0 Å². The zero-order valence-corrected chi connectivity index (χ0v) is 18.0. The molecule has 0 atom stereocenters. The largest absolute Gasteiger partial charge is 0.497 e. The molecular formula is C27H31O3. The van der Waals surface area contributed by atoms with E-state index >= 15 is 0 Å². The Kier molecular flexibility index (Phi) is 7.92. The molecule has 0 spiro atoms. The topological polar surface area (TPSA) is 27.7 Å². The normalized spacial score (nSPS) is 11.3. The Bertz CT molecular complexity index is 823. The monoisotopic (exact) mass is 403 g/mol. The molecule has 3 aromatic carbocycles. The number of hydrogen-bond donors (Lipinski definition) is 0. The Labute approximate surface area is 180 Å². The predicted octanol–water partition coefficient (Wildman–Crippen LogP) is 6.41. The highest BCUT2D eigenvalue weighted by molar-refractivity contribution is 5.49. The molecule has 0 bridgehead atoms. The summed E-state index contributed by atoms with van der Waals surface area (Å²) in [5.74, 6) is 1.65. The van der Waals surface area contributed by atoms with Crippen molar-refractivity contribution < 1.29 is 14.2 Å². The Hall–Kier alpha value is -2.78. The van der Waals surface area contributed by atoms with Crippen molar-refractivity contribution in [1.82, 2.24) is 0 Å². The molecule has 0 amide bonds. The molecule has 0 saturated heterocycles. The van der Waals surface area contributed by atoms with Gasteiger partial charge in [0.1, 0.15) is 17.1 Å². The predicted molar refractivity (Wildman–Crippen MR) is 122 cm³/mol. The summed E-state index contributed by atoms with van der Waals surface area (Å²) in [6.45, 7) is 4.60. The summed E-state index contributed by atoms with van der Waals surface area (Å²) in [4.78, 5) is 0. The molecule has 3 heteroatoms. The number of rotatable bonds is 11. The summed E-state index contributed by atoms with van der Waals surface area (Å²) in [6, 6.07) is 26.7. The minimum absolute atomic E-state index is 0.660. The fourth-order valence-electron chi connectivity index (χ4n) is 3.76. The summed E-state index contributed by atoms with van der Waals surface area (Å²) in [6.07, 6.45) is 4.18. The van der Waals surface area contributed by atoms with Gasteiger partial charge in [0.2, 0.25) is 0 Å². The maximum Gasteiger partial charge on any atom is 0.143 e. The first-order valence-electron chi connectivity index (χ1n) is 10.5. The van der Waals surface area contributed by atoms with Crippen molar-refractivity contribution in [1.29, 1.82) is 0 Å². The molecular weight excluding hydrogens is 372 g/mol. The number of ether oxygens (including phenoxy) is 3. The van der Waals surface area contributed by atoms with Crippen LogP contribution in [0.2, 0.25) is 0 Å². The van der Waals surface area contributed by atoms with E-state index in [2.05, 4.69) is 55.5 Å². The van der Waals surface area contributed by atoms with Gasteiger partial charge >= 0.3 is 0 Å². The minimum atomic E-state index is -0.718. The number of methoxy groups -OCH3 is 2. The fourth-order valence-corrected chi connectivity index (χ4v) is 3.76. The van der Waals surface area contributed by atoms with E-state index in [1.807, 2.05) is 30.3 Å². The van der Waals surface area contributed by atoms with E-state index in [0.29, 0.717) is 6.61 Å². The van der Waals surface area contributed by atoms with Crippen LogP contribution in [-0.4, -0.2) is 20.8 Å². The van der Waals surface area contributed by atoms with Crippen LogP contribution >= 0.6 is 0 Å². The van der Waals surface area contributed by atoms with Crippen molar-refractivity contribution in [3.05, 3.63) is 102 Å². The lowest BCUT2D eigenvalue weighted by Crippen LogP contribution is -2.33. The van der Waals surface area contributed by atoms with E-state index in [9.17, 15) is 0 Å². The second-order valence-corrected chi connectivity index (χ2v) is 7.27. The Morgan fingerprint density at radius 2 is 1.13 bits per heavy atom. The third-order valence-electron chi connectivity index (χ3n) is 5.39. The molecule has 3 aromatic rings. The molecule has 0 aromatic heterocycles. The first-order chi connectivity index (χ1) is 14.7. The molecule has 0 unspecified atom stereocenters. The smallest absolute Gasteiger partial charge is 0.143 e. The molecule has 0 N–H and O–H groups in total. The van der Waals surface area contributed by atoms with Crippen molar-refractivity contribution in [2.45, 2.75) is 31.3 Å². The second-order valence-electron chi connectivity index (χ2n) is 7.27. The molecule has 3 rings (SSSR count). The number of hydrogen-bond acceptors (Lipinski definition) is 3. The second kappa shape index (κ2) is 10.8. The van der Waals surface area contributed by atoms with Crippen molar-refractivity contribution in [2.24, 2.45) is 0 Å². The van der Waals surface area contributed by atoms with Crippen molar-refractivity contribution in [3.63, 3.8) is 0 Å². The van der Waals surface area contributed by atoms with Gasteiger partial charge in [-0.1, -0.05) is 80.8 Å². The Balaban J connectivity index is 2.10. The van der Waals surface area contributed by atoms with Gasteiger partial charge < -0.3 is 14.2 Å². The van der Waals surface area contributed by atoms with E-state index in [1.54, 1.807) is 14.2 Å². The molecule has 0 aliphatic heterocycles. The Morgan fingerprint density at radius 3 is 1.60 bits per heavy atom. The van der Waals surface area contributed by atoms with Gasteiger partial charge in [-0.05, 0) is 47.4 Å². The van der Waals surface area contributed by atoms with Gasteiger partial charge in [-0.2, -0.15) is 0 Å². The average Bonchev–Trinajstić information content (AvgIpc) is 2.82. The van der Waals surface area contributed by atoms with Gasteiger partial charge in [0.15, 0.2) is 0 Å². The van der Waals surface area contributed by atoms with Crippen LogP contribution in [-0.2, 0) is 10.3 Å². The summed E-state index contributed by atoms with van der Waals surface area (Å²) in [5, 5.41) is 0. The maximum atomic E-state index is 6.78. The zero-order valence-electron chi connectivity index (χ0n) is 18.0. The molecule has 0 saturated carbocycles. The van der Waals surface area contributed by atoms with Gasteiger partial charge in [-0.3, -0.25) is 0 Å². The molecule has 1 radical (unpaired) electrons. The lowest BCUT2D eigenvalue weighted by Gasteiger charge is -2.36. The van der Waals surface area contributed by atoms with Gasteiger partial charge in [0, 0.05) is 6.61 Å². The highest BCUT2D eigenvalue weighted by Gasteiger charge is 2.37. The molecule has 157 valence electrons. The number of unbranched alkanes of at least 4 members (excludes halogenated alkanes) is 3. The van der Waals surface area contributed by atoms with Crippen LogP contribution in [0.25, 0.3) is 0 Å². The molecule has 30 heavy (non-hydrogen) atoms. The number of benzene rings is 3. The van der Waals surface area contributed by atoms with Crippen LogP contribution in [0, 0.1) is 6.92 Å². The van der Waals surface area contributed by atoms with Crippen LogP contribution < -0.4 is 9.47 Å². The van der Waals surface area contributed by atoms with Crippen molar-refractivity contribution in [2.75, 3.05) is 20.8 Å². The van der Waals surface area contributed by atoms with E-state index in [-0.39, 0.29) is 0 Å². The Morgan fingerprint density at radius 1 is 0.633 bits per heavy atom. The summed E-state index contributed by atoms with van der Waals surface area (Å²) >= 11 is 0. The summed E-state index contributed by atoms with van der Waals surface area (Å²) in [5.41, 5.74) is 2.51. The van der Waals surface area contributed by atoms with Crippen molar-refractivity contribution in [3.8, 4) is 11.5 Å². The highest BCUT2D eigenvalue weighted by atomic mass is 16.5.